The summed E-state index contributed by atoms with van der Waals surface area (Å²) < 4.78 is 0. The van der Waals surface area contributed by atoms with Crippen LogP contribution in [0, 0.1) is 17.8 Å². The van der Waals surface area contributed by atoms with Crippen LogP contribution in [-0.2, 0) is 0 Å². The predicted molar refractivity (Wildman–Crippen MR) is 71.9 cm³/mol. The van der Waals surface area contributed by atoms with E-state index in [1.165, 1.54) is 45.1 Å². The Morgan fingerprint density at radius 3 is 2.53 bits per heavy atom. The van der Waals surface area contributed by atoms with Crippen LogP contribution in [0.3, 0.4) is 0 Å². The van der Waals surface area contributed by atoms with Crippen LogP contribution < -0.4 is 5.32 Å². The standard InChI is InChI=1S/C15H29NO/c1-3-12-8-9-14(16-10-12)11(2)13-6-4-5-7-15(13)17/h11-17H,3-10H2,1-2H3/t11-,12-,13+,14+,15-/m0/s1. The van der Waals surface area contributed by atoms with Gasteiger partial charge in [0.05, 0.1) is 6.10 Å². The molecule has 100 valence electrons. The molecule has 1 saturated heterocycles. The molecule has 2 rings (SSSR count). The van der Waals surface area contributed by atoms with Crippen molar-refractivity contribution >= 4 is 0 Å². The average molecular weight is 239 g/mol. The molecule has 0 aromatic heterocycles. The van der Waals surface area contributed by atoms with Gasteiger partial charge in [-0.3, -0.25) is 0 Å². The summed E-state index contributed by atoms with van der Waals surface area (Å²) >= 11 is 0. The fourth-order valence-electron chi connectivity index (χ4n) is 3.79. The third-order valence-corrected chi connectivity index (χ3v) is 5.22. The molecule has 2 nitrogen and oxygen atoms in total. The zero-order chi connectivity index (χ0) is 12.3. The Balaban J connectivity index is 1.85. The molecule has 0 spiro atoms. The molecular weight excluding hydrogens is 210 g/mol. The van der Waals surface area contributed by atoms with Gasteiger partial charge in [-0.1, -0.05) is 33.1 Å². The Hall–Kier alpha value is -0.0800. The number of hydrogen-bond acceptors (Lipinski definition) is 2. The molecule has 1 aliphatic carbocycles. The molecule has 2 aliphatic rings. The summed E-state index contributed by atoms with van der Waals surface area (Å²) in [6.07, 6.45) is 8.75. The molecule has 17 heavy (non-hydrogen) atoms. The van der Waals surface area contributed by atoms with E-state index < -0.39 is 0 Å². The van der Waals surface area contributed by atoms with E-state index in [2.05, 4.69) is 19.2 Å². The van der Waals surface area contributed by atoms with Crippen LogP contribution in [0.15, 0.2) is 0 Å². The maximum Gasteiger partial charge on any atom is 0.0571 e. The van der Waals surface area contributed by atoms with Crippen LogP contribution in [-0.4, -0.2) is 23.8 Å². The normalized spacial score (nSPS) is 41.1. The second-order valence-electron chi connectivity index (χ2n) is 6.24. The van der Waals surface area contributed by atoms with Crippen molar-refractivity contribution in [3.05, 3.63) is 0 Å². The first kappa shape index (κ1) is 13.4. The average Bonchev–Trinajstić information content (AvgIpc) is 2.39. The predicted octanol–water partition coefficient (Wildman–Crippen LogP) is 2.95. The van der Waals surface area contributed by atoms with E-state index in [0.29, 0.717) is 17.9 Å². The Morgan fingerprint density at radius 2 is 1.94 bits per heavy atom. The molecule has 0 aromatic rings. The summed E-state index contributed by atoms with van der Waals surface area (Å²) in [4.78, 5) is 0. The topological polar surface area (TPSA) is 32.3 Å². The smallest absolute Gasteiger partial charge is 0.0571 e. The maximum absolute atomic E-state index is 10.1. The highest BCUT2D eigenvalue weighted by molar-refractivity contribution is 4.88. The molecule has 1 heterocycles. The van der Waals surface area contributed by atoms with Crippen molar-refractivity contribution in [1.29, 1.82) is 0 Å². The number of hydrogen-bond donors (Lipinski definition) is 2. The molecule has 0 bridgehead atoms. The van der Waals surface area contributed by atoms with Gasteiger partial charge in [0.2, 0.25) is 0 Å². The van der Waals surface area contributed by atoms with Crippen molar-refractivity contribution in [2.45, 2.75) is 70.9 Å². The van der Waals surface area contributed by atoms with E-state index in [0.717, 1.165) is 12.3 Å². The molecule has 2 heteroatoms. The SMILES string of the molecule is CC[C@H]1CC[C@H]([C@@H](C)[C@H]2CCCC[C@@H]2O)NC1. The van der Waals surface area contributed by atoms with E-state index in [-0.39, 0.29) is 6.10 Å². The molecule has 0 radical (unpaired) electrons. The van der Waals surface area contributed by atoms with Gasteiger partial charge in [0, 0.05) is 6.04 Å². The Bertz CT molecular complexity index is 223. The van der Waals surface area contributed by atoms with Crippen LogP contribution >= 0.6 is 0 Å². The highest BCUT2D eigenvalue weighted by Crippen LogP contribution is 2.34. The summed E-state index contributed by atoms with van der Waals surface area (Å²) in [6, 6.07) is 0.649. The zero-order valence-electron chi connectivity index (χ0n) is 11.5. The van der Waals surface area contributed by atoms with Crippen molar-refractivity contribution in [3.63, 3.8) is 0 Å². The van der Waals surface area contributed by atoms with Gasteiger partial charge in [0.25, 0.3) is 0 Å². The molecule has 2 N–H and O–H groups in total. The number of aliphatic hydroxyl groups excluding tert-OH is 1. The lowest BCUT2D eigenvalue weighted by Crippen LogP contribution is -2.47. The van der Waals surface area contributed by atoms with E-state index in [9.17, 15) is 5.11 Å². The van der Waals surface area contributed by atoms with Crippen LogP contribution in [0.2, 0.25) is 0 Å². The Kier molecular flexibility index (Phi) is 4.87. The first-order valence-electron chi connectivity index (χ1n) is 7.63. The summed E-state index contributed by atoms with van der Waals surface area (Å²) in [5.41, 5.74) is 0. The van der Waals surface area contributed by atoms with Gasteiger partial charge in [-0.05, 0) is 50.0 Å². The molecule has 2 fully saturated rings. The van der Waals surface area contributed by atoms with E-state index >= 15 is 0 Å². The van der Waals surface area contributed by atoms with Gasteiger partial charge in [0.15, 0.2) is 0 Å². The minimum absolute atomic E-state index is 0.0375. The molecule has 0 amide bonds. The number of nitrogens with one attached hydrogen (secondary N) is 1. The maximum atomic E-state index is 10.1. The third kappa shape index (κ3) is 3.23. The Labute approximate surface area is 106 Å². The van der Waals surface area contributed by atoms with Crippen molar-refractivity contribution < 1.29 is 5.11 Å². The van der Waals surface area contributed by atoms with Gasteiger partial charge in [-0.15, -0.1) is 0 Å². The minimum atomic E-state index is -0.0375. The van der Waals surface area contributed by atoms with Crippen molar-refractivity contribution in [2.24, 2.45) is 17.8 Å². The number of aliphatic hydroxyl groups is 1. The molecule has 0 unspecified atom stereocenters. The molecule has 0 aromatic carbocycles. The number of rotatable bonds is 3. The first-order valence-corrected chi connectivity index (χ1v) is 7.63. The summed E-state index contributed by atoms with van der Waals surface area (Å²) in [7, 11) is 0. The zero-order valence-corrected chi connectivity index (χ0v) is 11.5. The summed E-state index contributed by atoms with van der Waals surface area (Å²) in [5, 5.41) is 13.9. The lowest BCUT2D eigenvalue weighted by Gasteiger charge is -2.40. The first-order chi connectivity index (χ1) is 8.22. The van der Waals surface area contributed by atoms with Gasteiger partial charge >= 0.3 is 0 Å². The summed E-state index contributed by atoms with van der Waals surface area (Å²) in [5.74, 6) is 2.07. The summed E-state index contributed by atoms with van der Waals surface area (Å²) in [6.45, 7) is 5.83. The van der Waals surface area contributed by atoms with Gasteiger partial charge < -0.3 is 10.4 Å². The molecule has 1 aliphatic heterocycles. The molecule has 1 saturated carbocycles. The van der Waals surface area contributed by atoms with Crippen molar-refractivity contribution in [2.75, 3.05) is 6.54 Å². The highest BCUT2D eigenvalue weighted by Gasteiger charge is 2.34. The van der Waals surface area contributed by atoms with E-state index in [1.807, 2.05) is 0 Å². The van der Waals surface area contributed by atoms with Crippen LogP contribution in [0.4, 0.5) is 0 Å². The quantitative estimate of drug-likeness (QED) is 0.793. The lowest BCUT2D eigenvalue weighted by molar-refractivity contribution is 0.0253. The fourth-order valence-corrected chi connectivity index (χ4v) is 3.79. The van der Waals surface area contributed by atoms with Crippen LogP contribution in [0.25, 0.3) is 0 Å². The van der Waals surface area contributed by atoms with Crippen molar-refractivity contribution in [1.82, 2.24) is 5.32 Å². The lowest BCUT2D eigenvalue weighted by atomic mass is 9.73. The highest BCUT2D eigenvalue weighted by atomic mass is 16.3. The van der Waals surface area contributed by atoms with Crippen molar-refractivity contribution in [3.8, 4) is 0 Å². The van der Waals surface area contributed by atoms with Crippen LogP contribution in [0.5, 0.6) is 0 Å². The Morgan fingerprint density at radius 1 is 1.18 bits per heavy atom. The van der Waals surface area contributed by atoms with E-state index in [4.69, 9.17) is 0 Å². The second kappa shape index (κ2) is 6.19. The molecule has 5 atom stereocenters. The monoisotopic (exact) mass is 239 g/mol. The van der Waals surface area contributed by atoms with Crippen LogP contribution in [0.1, 0.15) is 58.8 Å². The van der Waals surface area contributed by atoms with Gasteiger partial charge in [0.1, 0.15) is 0 Å². The van der Waals surface area contributed by atoms with E-state index in [1.54, 1.807) is 0 Å². The minimum Gasteiger partial charge on any atom is -0.393 e. The number of piperidine rings is 1. The second-order valence-corrected chi connectivity index (χ2v) is 6.24. The van der Waals surface area contributed by atoms with Gasteiger partial charge in [-0.25, -0.2) is 0 Å². The fraction of sp³-hybridized carbons (Fsp3) is 1.00. The largest absolute Gasteiger partial charge is 0.393 e. The van der Waals surface area contributed by atoms with Gasteiger partial charge in [-0.2, -0.15) is 0 Å². The third-order valence-electron chi connectivity index (χ3n) is 5.22. The molecular formula is C15H29NO.